The Balaban J connectivity index is 1.68. The van der Waals surface area contributed by atoms with Crippen LogP contribution in [0.2, 0.25) is 0 Å². The van der Waals surface area contributed by atoms with Gasteiger partial charge in [0.25, 0.3) is 0 Å². The first-order valence-electron chi connectivity index (χ1n) is 7.09. The average molecular weight is 291 g/mol. The molecule has 1 heterocycles. The minimum absolute atomic E-state index is 0.124. The number of nitrogens with zero attached hydrogens (tertiary/aromatic N) is 1. The number of nitrogens with one attached hydrogen (secondary N) is 2. The summed E-state index contributed by atoms with van der Waals surface area (Å²) in [4.78, 5) is 25.4. The zero-order valence-corrected chi connectivity index (χ0v) is 12.2. The third kappa shape index (κ3) is 5.53. The predicted octanol–water partition coefficient (Wildman–Crippen LogP) is 0.733. The van der Waals surface area contributed by atoms with Crippen LogP contribution >= 0.6 is 0 Å². The second-order valence-corrected chi connectivity index (χ2v) is 5.13. The van der Waals surface area contributed by atoms with Gasteiger partial charge < -0.3 is 10.1 Å². The van der Waals surface area contributed by atoms with Gasteiger partial charge >= 0.3 is 6.03 Å². The summed E-state index contributed by atoms with van der Waals surface area (Å²) in [6, 6.07) is 9.08. The third-order valence-electron chi connectivity index (χ3n) is 3.24. The fourth-order valence-corrected chi connectivity index (χ4v) is 2.23. The lowest BCUT2D eigenvalue weighted by molar-refractivity contribution is -0.122. The van der Waals surface area contributed by atoms with E-state index in [2.05, 4.69) is 10.6 Å². The number of carbonyl (C=O) groups is 2. The summed E-state index contributed by atoms with van der Waals surface area (Å²) >= 11 is 0. The topological polar surface area (TPSA) is 70.7 Å². The lowest BCUT2D eigenvalue weighted by atomic mass is 10.2. The Kier molecular flexibility index (Phi) is 5.71. The first-order chi connectivity index (χ1) is 10.1. The van der Waals surface area contributed by atoms with Crippen molar-refractivity contribution in [1.82, 2.24) is 15.5 Å². The van der Waals surface area contributed by atoms with Crippen molar-refractivity contribution in [2.24, 2.45) is 0 Å². The Labute approximate surface area is 124 Å². The number of hydrogen-bond donors (Lipinski definition) is 2. The predicted molar refractivity (Wildman–Crippen MR) is 78.7 cm³/mol. The fourth-order valence-electron chi connectivity index (χ4n) is 2.23. The number of carbonyl (C=O) groups excluding carboxylic acids is 2. The lowest BCUT2D eigenvalue weighted by Crippen LogP contribution is -2.48. The second-order valence-electron chi connectivity index (χ2n) is 5.13. The summed E-state index contributed by atoms with van der Waals surface area (Å²) < 4.78 is 5.41. The number of benzene rings is 1. The molecule has 1 aliphatic heterocycles. The number of morpholine rings is 1. The Bertz CT molecular complexity index is 478. The highest BCUT2D eigenvalue weighted by atomic mass is 16.5. The largest absolute Gasteiger partial charge is 0.376 e. The van der Waals surface area contributed by atoms with Gasteiger partial charge in [-0.1, -0.05) is 30.3 Å². The van der Waals surface area contributed by atoms with Crippen LogP contribution in [0.3, 0.4) is 0 Å². The van der Waals surface area contributed by atoms with Gasteiger partial charge in [-0.05, 0) is 12.5 Å². The molecule has 1 saturated heterocycles. The zero-order chi connectivity index (χ0) is 15.1. The van der Waals surface area contributed by atoms with Crippen LogP contribution in [0.1, 0.15) is 12.5 Å². The molecule has 114 valence electrons. The van der Waals surface area contributed by atoms with E-state index in [0.717, 1.165) is 5.56 Å². The van der Waals surface area contributed by atoms with Gasteiger partial charge in [0.05, 0.1) is 19.3 Å². The van der Waals surface area contributed by atoms with Gasteiger partial charge in [-0.2, -0.15) is 0 Å². The third-order valence-corrected chi connectivity index (χ3v) is 3.24. The number of hydrogen-bond acceptors (Lipinski definition) is 4. The molecule has 1 atom stereocenters. The van der Waals surface area contributed by atoms with E-state index in [-0.39, 0.29) is 18.6 Å². The second kappa shape index (κ2) is 7.75. The first-order valence-corrected chi connectivity index (χ1v) is 7.09. The van der Waals surface area contributed by atoms with Crippen molar-refractivity contribution < 1.29 is 14.3 Å². The van der Waals surface area contributed by atoms with E-state index in [9.17, 15) is 9.59 Å². The standard InChI is InChI=1S/C15H21N3O3/c1-12-10-18(7-8-21-12)11-14(19)17-15(20)16-9-13-5-3-2-4-6-13/h2-6,12H,7-11H2,1H3,(H2,16,17,19,20)/t12-/m0/s1. The van der Waals surface area contributed by atoms with Gasteiger partial charge in [-0.3, -0.25) is 15.0 Å². The van der Waals surface area contributed by atoms with Gasteiger partial charge in [-0.25, -0.2) is 4.79 Å². The maximum atomic E-state index is 11.8. The van der Waals surface area contributed by atoms with E-state index in [1.807, 2.05) is 42.2 Å². The monoisotopic (exact) mass is 291 g/mol. The van der Waals surface area contributed by atoms with Crippen molar-refractivity contribution in [1.29, 1.82) is 0 Å². The quantitative estimate of drug-likeness (QED) is 0.858. The van der Waals surface area contributed by atoms with E-state index in [0.29, 0.717) is 26.2 Å². The molecule has 0 spiro atoms. The zero-order valence-electron chi connectivity index (χ0n) is 12.2. The van der Waals surface area contributed by atoms with Crippen LogP contribution in [0, 0.1) is 0 Å². The minimum Gasteiger partial charge on any atom is -0.376 e. The van der Waals surface area contributed by atoms with Crippen LogP contribution in [0.15, 0.2) is 30.3 Å². The molecule has 0 bridgehead atoms. The van der Waals surface area contributed by atoms with Crippen molar-refractivity contribution in [3.63, 3.8) is 0 Å². The number of rotatable bonds is 4. The van der Waals surface area contributed by atoms with Crippen LogP contribution < -0.4 is 10.6 Å². The van der Waals surface area contributed by atoms with E-state index in [4.69, 9.17) is 4.74 Å². The maximum Gasteiger partial charge on any atom is 0.321 e. The number of amides is 3. The van der Waals surface area contributed by atoms with Crippen LogP contribution in [-0.4, -0.2) is 49.2 Å². The van der Waals surface area contributed by atoms with E-state index in [1.54, 1.807) is 0 Å². The molecule has 0 aliphatic carbocycles. The highest BCUT2D eigenvalue weighted by Crippen LogP contribution is 2.03. The molecule has 21 heavy (non-hydrogen) atoms. The number of ether oxygens (including phenoxy) is 1. The molecule has 1 aromatic carbocycles. The molecular weight excluding hydrogens is 270 g/mol. The van der Waals surface area contributed by atoms with Crippen molar-refractivity contribution in [3.8, 4) is 0 Å². The normalized spacial score (nSPS) is 19.0. The molecule has 1 fully saturated rings. The van der Waals surface area contributed by atoms with E-state index >= 15 is 0 Å². The maximum absolute atomic E-state index is 11.8. The molecule has 0 saturated carbocycles. The van der Waals surface area contributed by atoms with Crippen LogP contribution in [0.5, 0.6) is 0 Å². The molecule has 1 aliphatic rings. The number of urea groups is 1. The van der Waals surface area contributed by atoms with Crippen LogP contribution in [0.4, 0.5) is 4.79 Å². The molecular formula is C15H21N3O3. The Morgan fingerprint density at radius 1 is 1.33 bits per heavy atom. The molecule has 0 aromatic heterocycles. The smallest absolute Gasteiger partial charge is 0.321 e. The van der Waals surface area contributed by atoms with E-state index in [1.165, 1.54) is 0 Å². The lowest BCUT2D eigenvalue weighted by Gasteiger charge is -2.30. The van der Waals surface area contributed by atoms with E-state index < -0.39 is 6.03 Å². The Hall–Kier alpha value is -1.92. The van der Waals surface area contributed by atoms with Gasteiger partial charge in [0, 0.05) is 19.6 Å². The molecule has 6 heteroatoms. The molecule has 3 amide bonds. The number of imide groups is 1. The molecule has 2 rings (SSSR count). The van der Waals surface area contributed by atoms with Gasteiger partial charge in [-0.15, -0.1) is 0 Å². The molecule has 0 radical (unpaired) electrons. The fraction of sp³-hybridized carbons (Fsp3) is 0.467. The minimum atomic E-state index is -0.467. The Morgan fingerprint density at radius 2 is 2.10 bits per heavy atom. The van der Waals surface area contributed by atoms with Crippen LogP contribution in [-0.2, 0) is 16.1 Å². The molecule has 2 N–H and O–H groups in total. The summed E-state index contributed by atoms with van der Waals surface area (Å²) in [5, 5.41) is 5.00. The van der Waals surface area contributed by atoms with Crippen molar-refractivity contribution >= 4 is 11.9 Å². The van der Waals surface area contributed by atoms with Crippen molar-refractivity contribution in [2.75, 3.05) is 26.2 Å². The highest BCUT2D eigenvalue weighted by Gasteiger charge is 2.19. The summed E-state index contributed by atoms with van der Waals surface area (Å²) in [6.07, 6.45) is 0.124. The van der Waals surface area contributed by atoms with Crippen LogP contribution in [0.25, 0.3) is 0 Å². The van der Waals surface area contributed by atoms with Gasteiger partial charge in [0.2, 0.25) is 5.91 Å². The molecule has 1 aromatic rings. The Morgan fingerprint density at radius 3 is 2.81 bits per heavy atom. The SMILES string of the molecule is C[C@H]1CN(CC(=O)NC(=O)NCc2ccccc2)CCO1. The highest BCUT2D eigenvalue weighted by molar-refractivity contribution is 5.95. The molecule has 6 nitrogen and oxygen atoms in total. The summed E-state index contributed by atoms with van der Waals surface area (Å²) in [7, 11) is 0. The van der Waals surface area contributed by atoms with Crippen molar-refractivity contribution in [2.45, 2.75) is 19.6 Å². The van der Waals surface area contributed by atoms with Gasteiger partial charge in [0.1, 0.15) is 0 Å². The van der Waals surface area contributed by atoms with Crippen molar-refractivity contribution in [3.05, 3.63) is 35.9 Å². The average Bonchev–Trinajstić information content (AvgIpc) is 2.46. The van der Waals surface area contributed by atoms with Gasteiger partial charge in [0.15, 0.2) is 0 Å². The first kappa shape index (κ1) is 15.5. The molecule has 0 unspecified atom stereocenters. The summed E-state index contributed by atoms with van der Waals surface area (Å²) in [5.41, 5.74) is 0.988. The summed E-state index contributed by atoms with van der Waals surface area (Å²) in [5.74, 6) is -0.297. The summed E-state index contributed by atoms with van der Waals surface area (Å²) in [6.45, 7) is 4.62.